The number of ether oxygens (including phenoxy) is 2. The van der Waals surface area contributed by atoms with Crippen LogP contribution in [0.3, 0.4) is 0 Å². The van der Waals surface area contributed by atoms with Crippen molar-refractivity contribution in [3.63, 3.8) is 0 Å². The second-order valence-corrected chi connectivity index (χ2v) is 13.5. The molecule has 1 rings (SSSR count). The van der Waals surface area contributed by atoms with Gasteiger partial charge in [-0.1, -0.05) is 34.1 Å². The standard InChI is InChI=1S/C19H37NO5Si/c1-9-14-10-11-15(12-13-25-26(7,8)19(2,3)4)20(18(22)24-6)16(14)17(21)23-5/h14-16H,9-13H2,1-8H3/t14-,15+,16-/m1/s1. The summed E-state index contributed by atoms with van der Waals surface area (Å²) >= 11 is 0. The first-order valence-electron chi connectivity index (χ1n) is 9.58. The summed E-state index contributed by atoms with van der Waals surface area (Å²) in [5.74, 6) is -0.267. The fraction of sp³-hybridized carbons (Fsp3) is 0.895. The average molecular weight is 388 g/mol. The van der Waals surface area contributed by atoms with Gasteiger partial charge < -0.3 is 13.9 Å². The van der Waals surface area contributed by atoms with E-state index < -0.39 is 20.5 Å². The summed E-state index contributed by atoms with van der Waals surface area (Å²) in [4.78, 5) is 26.4. The van der Waals surface area contributed by atoms with Gasteiger partial charge in [0.2, 0.25) is 0 Å². The molecule has 0 aliphatic carbocycles. The summed E-state index contributed by atoms with van der Waals surface area (Å²) in [7, 11) is 0.887. The lowest BCUT2D eigenvalue weighted by molar-refractivity contribution is -0.151. The van der Waals surface area contributed by atoms with Crippen LogP contribution in [0.2, 0.25) is 18.1 Å². The summed E-state index contributed by atoms with van der Waals surface area (Å²) < 4.78 is 16.2. The van der Waals surface area contributed by atoms with Crippen LogP contribution >= 0.6 is 0 Å². The first-order chi connectivity index (χ1) is 12.0. The molecule has 26 heavy (non-hydrogen) atoms. The molecule has 0 aromatic rings. The monoisotopic (exact) mass is 387 g/mol. The predicted molar refractivity (Wildman–Crippen MR) is 105 cm³/mol. The minimum atomic E-state index is -1.84. The van der Waals surface area contributed by atoms with Crippen molar-refractivity contribution in [3.8, 4) is 0 Å². The Morgan fingerprint density at radius 3 is 2.19 bits per heavy atom. The highest BCUT2D eigenvalue weighted by Gasteiger charge is 2.45. The van der Waals surface area contributed by atoms with Crippen LogP contribution in [0.5, 0.6) is 0 Å². The molecule has 1 amide bonds. The first-order valence-corrected chi connectivity index (χ1v) is 12.5. The summed E-state index contributed by atoms with van der Waals surface area (Å²) in [6.07, 6.45) is 2.80. The van der Waals surface area contributed by atoms with Gasteiger partial charge in [-0.2, -0.15) is 0 Å². The van der Waals surface area contributed by atoms with Crippen LogP contribution in [-0.2, 0) is 18.7 Å². The minimum absolute atomic E-state index is 0.0703. The van der Waals surface area contributed by atoms with Gasteiger partial charge in [0.05, 0.1) is 14.2 Å². The topological polar surface area (TPSA) is 65.1 Å². The molecule has 0 radical (unpaired) electrons. The van der Waals surface area contributed by atoms with Crippen molar-refractivity contribution < 1.29 is 23.5 Å². The van der Waals surface area contributed by atoms with Gasteiger partial charge in [-0.05, 0) is 43.3 Å². The fourth-order valence-corrected chi connectivity index (χ4v) is 4.39. The third-order valence-electron chi connectivity index (χ3n) is 6.08. The zero-order chi connectivity index (χ0) is 20.1. The number of hydrogen-bond acceptors (Lipinski definition) is 5. The van der Waals surface area contributed by atoms with Gasteiger partial charge in [0, 0.05) is 12.6 Å². The van der Waals surface area contributed by atoms with Gasteiger partial charge >= 0.3 is 12.1 Å². The largest absolute Gasteiger partial charge is 0.467 e. The van der Waals surface area contributed by atoms with E-state index in [0.29, 0.717) is 13.0 Å². The van der Waals surface area contributed by atoms with Crippen LogP contribution < -0.4 is 0 Å². The molecule has 1 saturated heterocycles. The number of nitrogens with zero attached hydrogens (tertiary/aromatic N) is 1. The van der Waals surface area contributed by atoms with Crippen molar-refractivity contribution in [2.45, 2.75) is 83.6 Å². The van der Waals surface area contributed by atoms with E-state index in [0.717, 1.165) is 19.3 Å². The normalized spacial score (nSPS) is 24.3. The summed E-state index contributed by atoms with van der Waals surface area (Å²) in [5.41, 5.74) is 0. The number of rotatable bonds is 6. The Morgan fingerprint density at radius 2 is 1.73 bits per heavy atom. The number of carbonyl (C=O) groups is 2. The molecule has 0 spiro atoms. The fourth-order valence-electron chi connectivity index (χ4n) is 3.33. The average Bonchev–Trinajstić information content (AvgIpc) is 2.58. The van der Waals surface area contributed by atoms with Crippen molar-refractivity contribution in [2.24, 2.45) is 5.92 Å². The Bertz CT molecular complexity index is 489. The van der Waals surface area contributed by atoms with Gasteiger partial charge in [0.15, 0.2) is 8.32 Å². The van der Waals surface area contributed by atoms with E-state index in [9.17, 15) is 9.59 Å². The maximum atomic E-state index is 12.5. The van der Waals surface area contributed by atoms with Gasteiger partial charge in [0.25, 0.3) is 0 Å². The van der Waals surface area contributed by atoms with E-state index in [1.807, 2.05) is 6.92 Å². The van der Waals surface area contributed by atoms with Crippen molar-refractivity contribution in [2.75, 3.05) is 20.8 Å². The highest BCUT2D eigenvalue weighted by Crippen LogP contribution is 2.37. The molecule has 6 nitrogen and oxygen atoms in total. The molecule has 1 fully saturated rings. The second-order valence-electron chi connectivity index (χ2n) is 8.64. The molecular formula is C19H37NO5Si. The van der Waals surface area contributed by atoms with Crippen molar-refractivity contribution in [1.29, 1.82) is 0 Å². The van der Waals surface area contributed by atoms with Crippen molar-refractivity contribution >= 4 is 20.4 Å². The van der Waals surface area contributed by atoms with E-state index in [2.05, 4.69) is 33.9 Å². The molecule has 0 aromatic heterocycles. The molecular weight excluding hydrogens is 350 g/mol. The minimum Gasteiger partial charge on any atom is -0.467 e. The molecule has 152 valence electrons. The molecule has 0 N–H and O–H groups in total. The Labute approximate surface area is 159 Å². The quantitative estimate of drug-likeness (QED) is 0.505. The van der Waals surface area contributed by atoms with Crippen LogP contribution in [0.1, 0.15) is 53.4 Å². The molecule has 1 aliphatic rings. The first kappa shape index (κ1) is 23.0. The number of esters is 1. The van der Waals surface area contributed by atoms with E-state index in [4.69, 9.17) is 13.9 Å². The Hall–Kier alpha value is -1.08. The summed E-state index contributed by atoms with van der Waals surface area (Å²) in [5, 5.41) is 0.142. The summed E-state index contributed by atoms with van der Waals surface area (Å²) in [6.45, 7) is 13.7. The van der Waals surface area contributed by atoms with E-state index >= 15 is 0 Å². The third kappa shape index (κ3) is 5.22. The second kappa shape index (κ2) is 9.22. The lowest BCUT2D eigenvalue weighted by Crippen LogP contribution is -2.57. The predicted octanol–water partition coefficient (Wildman–Crippen LogP) is 4.20. The lowest BCUT2D eigenvalue weighted by atomic mass is 9.83. The summed E-state index contributed by atoms with van der Waals surface area (Å²) in [6, 6.07) is -0.650. The molecule has 1 aliphatic heterocycles. The molecule has 0 bridgehead atoms. The van der Waals surface area contributed by atoms with Crippen LogP contribution in [0, 0.1) is 5.92 Å². The SMILES string of the molecule is CC[C@@H]1CC[C@@H](CCO[Si](C)(C)C(C)(C)C)N(C(=O)OC)[C@H]1C(=O)OC. The molecule has 1 heterocycles. The number of carbonyl (C=O) groups excluding carboxylic acids is 2. The van der Waals surface area contributed by atoms with Gasteiger partial charge in [-0.3, -0.25) is 4.90 Å². The van der Waals surface area contributed by atoms with Gasteiger partial charge in [0.1, 0.15) is 6.04 Å². The highest BCUT2D eigenvalue weighted by molar-refractivity contribution is 6.74. The van der Waals surface area contributed by atoms with Gasteiger partial charge in [-0.15, -0.1) is 0 Å². The van der Waals surface area contributed by atoms with E-state index in [1.165, 1.54) is 14.2 Å². The maximum absolute atomic E-state index is 12.5. The Balaban J connectivity index is 2.91. The van der Waals surface area contributed by atoms with Crippen LogP contribution in [0.25, 0.3) is 0 Å². The third-order valence-corrected chi connectivity index (χ3v) is 10.6. The highest BCUT2D eigenvalue weighted by atomic mass is 28.4. The van der Waals surface area contributed by atoms with Crippen molar-refractivity contribution in [1.82, 2.24) is 4.90 Å². The number of likely N-dealkylation sites (tertiary alicyclic amines) is 1. The van der Waals surface area contributed by atoms with Gasteiger partial charge in [-0.25, -0.2) is 9.59 Å². The zero-order valence-corrected chi connectivity index (χ0v) is 18.8. The van der Waals surface area contributed by atoms with Crippen LogP contribution in [-0.4, -0.2) is 58.2 Å². The van der Waals surface area contributed by atoms with Crippen LogP contribution in [0.15, 0.2) is 0 Å². The Morgan fingerprint density at radius 1 is 1.12 bits per heavy atom. The van der Waals surface area contributed by atoms with E-state index in [1.54, 1.807) is 4.90 Å². The Kier molecular flexibility index (Phi) is 8.14. The van der Waals surface area contributed by atoms with Crippen LogP contribution in [0.4, 0.5) is 4.79 Å². The molecule has 7 heteroatoms. The molecule has 3 atom stereocenters. The zero-order valence-electron chi connectivity index (χ0n) is 17.8. The molecule has 0 aromatic carbocycles. The molecule has 0 saturated carbocycles. The molecule has 0 unspecified atom stereocenters. The smallest absolute Gasteiger partial charge is 0.410 e. The number of piperidine rings is 1. The number of hydrogen-bond donors (Lipinski definition) is 0. The maximum Gasteiger partial charge on any atom is 0.410 e. The van der Waals surface area contributed by atoms with E-state index in [-0.39, 0.29) is 23.0 Å². The lowest BCUT2D eigenvalue weighted by Gasteiger charge is -2.44. The van der Waals surface area contributed by atoms with Crippen molar-refractivity contribution in [3.05, 3.63) is 0 Å². The number of methoxy groups -OCH3 is 2. The number of amides is 1.